The molecule has 0 saturated heterocycles. The summed E-state index contributed by atoms with van der Waals surface area (Å²) in [6, 6.07) is 7.36. The maximum absolute atomic E-state index is 11.5. The van der Waals surface area contributed by atoms with E-state index < -0.39 is 0 Å². The fourth-order valence-corrected chi connectivity index (χ4v) is 1.60. The van der Waals surface area contributed by atoms with Crippen LogP contribution in [0, 0.1) is 0 Å². The smallest absolute Gasteiger partial charge is 0.234 e. The van der Waals surface area contributed by atoms with Gasteiger partial charge in [0, 0.05) is 0 Å². The highest BCUT2D eigenvalue weighted by atomic mass is 16.5. The molecule has 1 rings (SSSR count). The molecule has 112 valence electrons. The molecule has 0 aliphatic rings. The lowest BCUT2D eigenvalue weighted by atomic mass is 10.3. The molecule has 0 spiro atoms. The van der Waals surface area contributed by atoms with Crippen LogP contribution in [0.25, 0.3) is 0 Å². The van der Waals surface area contributed by atoms with Gasteiger partial charge in [0.1, 0.15) is 18.1 Å². The molecule has 5 heteroatoms. The number of rotatable bonds is 10. The van der Waals surface area contributed by atoms with Crippen molar-refractivity contribution in [1.29, 1.82) is 0 Å². The second kappa shape index (κ2) is 10.1. The molecule has 0 aromatic heterocycles. The molecule has 0 bridgehead atoms. The molecular formula is C15H24N2O3. The standard InChI is InChI=1S/C15H24N2O3/c1-3-4-9-16-12-15(18)17-10-11-20-14-7-5-13(19-2)6-8-14/h5-8,16H,3-4,9-12H2,1-2H3,(H,17,18). The molecule has 0 aliphatic carbocycles. The molecule has 0 fully saturated rings. The molecule has 0 heterocycles. The van der Waals surface area contributed by atoms with Crippen LogP contribution in [0.15, 0.2) is 24.3 Å². The molecule has 2 N–H and O–H groups in total. The van der Waals surface area contributed by atoms with Gasteiger partial charge < -0.3 is 20.1 Å². The number of amides is 1. The minimum absolute atomic E-state index is 0.000524. The number of unbranched alkanes of at least 4 members (excludes halogenated alkanes) is 1. The first-order chi connectivity index (χ1) is 9.76. The van der Waals surface area contributed by atoms with Crippen molar-refractivity contribution in [1.82, 2.24) is 10.6 Å². The third-order valence-corrected chi connectivity index (χ3v) is 2.75. The summed E-state index contributed by atoms with van der Waals surface area (Å²) < 4.78 is 10.6. The second-order valence-electron chi connectivity index (χ2n) is 4.40. The Hall–Kier alpha value is -1.75. The van der Waals surface area contributed by atoms with E-state index in [0.29, 0.717) is 19.7 Å². The largest absolute Gasteiger partial charge is 0.497 e. The number of carbonyl (C=O) groups excluding carboxylic acids is 1. The van der Waals surface area contributed by atoms with E-state index in [1.54, 1.807) is 7.11 Å². The fourth-order valence-electron chi connectivity index (χ4n) is 1.60. The number of methoxy groups -OCH3 is 1. The lowest BCUT2D eigenvalue weighted by Gasteiger charge is -2.09. The van der Waals surface area contributed by atoms with Gasteiger partial charge in [-0.1, -0.05) is 13.3 Å². The van der Waals surface area contributed by atoms with E-state index in [9.17, 15) is 4.79 Å². The molecule has 0 aliphatic heterocycles. The van der Waals surface area contributed by atoms with Crippen LogP contribution >= 0.6 is 0 Å². The van der Waals surface area contributed by atoms with Crippen molar-refractivity contribution in [3.63, 3.8) is 0 Å². The molecule has 20 heavy (non-hydrogen) atoms. The van der Waals surface area contributed by atoms with E-state index in [1.165, 1.54) is 0 Å². The molecule has 0 atom stereocenters. The van der Waals surface area contributed by atoms with Gasteiger partial charge in [0.15, 0.2) is 0 Å². The SMILES string of the molecule is CCCCNCC(=O)NCCOc1ccc(OC)cc1. The Morgan fingerprint density at radius 2 is 1.85 bits per heavy atom. The first kappa shape index (κ1) is 16.3. The van der Waals surface area contributed by atoms with Gasteiger partial charge in [0.25, 0.3) is 0 Å². The number of carbonyl (C=O) groups is 1. The van der Waals surface area contributed by atoms with Gasteiger partial charge >= 0.3 is 0 Å². The van der Waals surface area contributed by atoms with Gasteiger partial charge in [-0.15, -0.1) is 0 Å². The predicted octanol–water partition coefficient (Wildman–Crippen LogP) is 1.58. The minimum Gasteiger partial charge on any atom is -0.497 e. The molecule has 0 saturated carbocycles. The zero-order valence-electron chi connectivity index (χ0n) is 12.3. The lowest BCUT2D eigenvalue weighted by Crippen LogP contribution is -2.36. The molecule has 1 aromatic rings. The zero-order chi connectivity index (χ0) is 14.6. The van der Waals surface area contributed by atoms with E-state index in [1.807, 2.05) is 24.3 Å². The van der Waals surface area contributed by atoms with Crippen LogP contribution < -0.4 is 20.1 Å². The van der Waals surface area contributed by atoms with Gasteiger partial charge in [-0.2, -0.15) is 0 Å². The highest BCUT2D eigenvalue weighted by Crippen LogP contribution is 2.16. The van der Waals surface area contributed by atoms with Crippen molar-refractivity contribution < 1.29 is 14.3 Å². The number of benzene rings is 1. The maximum atomic E-state index is 11.5. The van der Waals surface area contributed by atoms with E-state index in [2.05, 4.69) is 17.6 Å². The molecule has 1 aromatic carbocycles. The van der Waals surface area contributed by atoms with Crippen LogP contribution in [0.1, 0.15) is 19.8 Å². The normalized spacial score (nSPS) is 10.1. The second-order valence-corrected chi connectivity index (χ2v) is 4.40. The predicted molar refractivity (Wildman–Crippen MR) is 79.3 cm³/mol. The first-order valence-electron chi connectivity index (χ1n) is 7.00. The van der Waals surface area contributed by atoms with Gasteiger partial charge in [-0.25, -0.2) is 0 Å². The molecule has 0 unspecified atom stereocenters. The summed E-state index contributed by atoms with van der Waals surface area (Å²) in [6.45, 7) is 4.32. The minimum atomic E-state index is -0.000524. The van der Waals surface area contributed by atoms with Crippen LogP contribution in [-0.2, 0) is 4.79 Å². The van der Waals surface area contributed by atoms with Crippen molar-refractivity contribution in [2.75, 3.05) is 33.4 Å². The summed E-state index contributed by atoms with van der Waals surface area (Å²) in [5, 5.41) is 5.89. The van der Waals surface area contributed by atoms with Gasteiger partial charge in [0.05, 0.1) is 20.2 Å². The summed E-state index contributed by atoms with van der Waals surface area (Å²) in [7, 11) is 1.62. The Labute approximate surface area is 120 Å². The molecule has 5 nitrogen and oxygen atoms in total. The number of ether oxygens (including phenoxy) is 2. The summed E-state index contributed by atoms with van der Waals surface area (Å²) in [5.74, 6) is 1.56. The third kappa shape index (κ3) is 6.99. The van der Waals surface area contributed by atoms with Crippen molar-refractivity contribution in [3.8, 4) is 11.5 Å². The summed E-state index contributed by atoms with van der Waals surface area (Å²) in [6.07, 6.45) is 2.22. The fraction of sp³-hybridized carbons (Fsp3) is 0.533. The van der Waals surface area contributed by atoms with Gasteiger partial charge in [-0.05, 0) is 37.2 Å². The highest BCUT2D eigenvalue weighted by molar-refractivity contribution is 5.77. The Morgan fingerprint density at radius 3 is 2.50 bits per heavy atom. The molecule has 1 amide bonds. The van der Waals surface area contributed by atoms with Crippen molar-refractivity contribution in [2.24, 2.45) is 0 Å². The number of nitrogens with one attached hydrogen (secondary N) is 2. The Bertz CT molecular complexity index is 379. The van der Waals surface area contributed by atoms with Gasteiger partial charge in [-0.3, -0.25) is 4.79 Å². The molecule has 0 radical (unpaired) electrons. The van der Waals surface area contributed by atoms with Crippen LogP contribution in [0.3, 0.4) is 0 Å². The van der Waals surface area contributed by atoms with E-state index in [4.69, 9.17) is 9.47 Å². The van der Waals surface area contributed by atoms with Crippen molar-refractivity contribution in [2.45, 2.75) is 19.8 Å². The maximum Gasteiger partial charge on any atom is 0.234 e. The average Bonchev–Trinajstić information content (AvgIpc) is 2.49. The van der Waals surface area contributed by atoms with Crippen LogP contribution in [-0.4, -0.2) is 39.3 Å². The summed E-state index contributed by atoms with van der Waals surface area (Å²) in [4.78, 5) is 11.5. The lowest BCUT2D eigenvalue weighted by molar-refractivity contribution is -0.120. The quantitative estimate of drug-likeness (QED) is 0.639. The van der Waals surface area contributed by atoms with Crippen LogP contribution in [0.5, 0.6) is 11.5 Å². The Balaban J connectivity index is 2.07. The van der Waals surface area contributed by atoms with E-state index in [0.717, 1.165) is 30.9 Å². The van der Waals surface area contributed by atoms with Crippen LogP contribution in [0.4, 0.5) is 0 Å². The third-order valence-electron chi connectivity index (χ3n) is 2.75. The monoisotopic (exact) mass is 280 g/mol. The topological polar surface area (TPSA) is 59.6 Å². The first-order valence-corrected chi connectivity index (χ1v) is 7.00. The number of hydrogen-bond acceptors (Lipinski definition) is 4. The Morgan fingerprint density at radius 1 is 1.15 bits per heavy atom. The van der Waals surface area contributed by atoms with E-state index in [-0.39, 0.29) is 5.91 Å². The highest BCUT2D eigenvalue weighted by Gasteiger charge is 2.00. The van der Waals surface area contributed by atoms with Crippen molar-refractivity contribution in [3.05, 3.63) is 24.3 Å². The molecular weight excluding hydrogens is 256 g/mol. The number of hydrogen-bond donors (Lipinski definition) is 2. The van der Waals surface area contributed by atoms with Gasteiger partial charge in [0.2, 0.25) is 5.91 Å². The zero-order valence-corrected chi connectivity index (χ0v) is 12.3. The Kier molecular flexibility index (Phi) is 8.22. The van der Waals surface area contributed by atoms with Crippen molar-refractivity contribution >= 4 is 5.91 Å². The van der Waals surface area contributed by atoms with Crippen LogP contribution in [0.2, 0.25) is 0 Å². The van der Waals surface area contributed by atoms with E-state index >= 15 is 0 Å². The summed E-state index contributed by atoms with van der Waals surface area (Å²) in [5.41, 5.74) is 0. The summed E-state index contributed by atoms with van der Waals surface area (Å²) >= 11 is 0. The average molecular weight is 280 g/mol.